The Morgan fingerprint density at radius 3 is 2.48 bits per heavy atom. The molecule has 4 rings (SSSR count). The molecule has 8 heteroatoms. The van der Waals surface area contributed by atoms with Crippen molar-refractivity contribution in [1.82, 2.24) is 4.31 Å². The monoisotopic (exact) mass is 434 g/mol. The van der Waals surface area contributed by atoms with Crippen LogP contribution in [0.25, 0.3) is 0 Å². The lowest BCUT2D eigenvalue weighted by atomic mass is 10.0. The fraction of sp³-hybridized carbons (Fsp3) is 0.381. The highest BCUT2D eigenvalue weighted by Gasteiger charge is 2.33. The maximum atomic E-state index is 13.1. The summed E-state index contributed by atoms with van der Waals surface area (Å²) in [5.41, 5.74) is 3.55. The second kappa shape index (κ2) is 7.63. The number of hydrogen-bond donors (Lipinski definition) is 1. The molecule has 2 aromatic carbocycles. The Morgan fingerprint density at radius 1 is 1.10 bits per heavy atom. The molecule has 2 aromatic rings. The Kier molecular flexibility index (Phi) is 5.31. The summed E-state index contributed by atoms with van der Waals surface area (Å²) < 4.78 is 27.8. The van der Waals surface area contributed by atoms with Crippen molar-refractivity contribution in [1.29, 1.82) is 0 Å². The zero-order chi connectivity index (χ0) is 20.8. The summed E-state index contributed by atoms with van der Waals surface area (Å²) in [6, 6.07) is 10.8. The largest absolute Gasteiger partial charge is 0.481 e. The molecular formula is C21H23ClN2O4S. The van der Waals surface area contributed by atoms with Crippen LogP contribution in [0.15, 0.2) is 41.3 Å². The molecule has 1 aliphatic heterocycles. The zero-order valence-corrected chi connectivity index (χ0v) is 17.7. The first-order valence-corrected chi connectivity index (χ1v) is 11.5. The lowest BCUT2D eigenvalue weighted by Crippen LogP contribution is -2.48. The molecule has 1 unspecified atom stereocenters. The van der Waals surface area contributed by atoms with E-state index in [1.165, 1.54) is 4.31 Å². The molecule has 29 heavy (non-hydrogen) atoms. The van der Waals surface area contributed by atoms with Gasteiger partial charge in [0.2, 0.25) is 10.0 Å². The van der Waals surface area contributed by atoms with Crippen molar-refractivity contribution in [2.75, 3.05) is 31.1 Å². The van der Waals surface area contributed by atoms with Crippen molar-refractivity contribution in [3.8, 4) is 0 Å². The SMILES string of the molecule is Cc1ccc(N2CCN(S(=O)(=O)c3ccc4c(c3)C(C(=O)O)CC4)CC2)cc1Cl. The van der Waals surface area contributed by atoms with Gasteiger partial charge < -0.3 is 10.0 Å². The molecule has 1 heterocycles. The summed E-state index contributed by atoms with van der Waals surface area (Å²) in [7, 11) is -3.67. The molecule has 0 aromatic heterocycles. The molecule has 1 aliphatic carbocycles. The molecule has 2 aliphatic rings. The predicted molar refractivity (Wildman–Crippen MR) is 112 cm³/mol. The smallest absolute Gasteiger partial charge is 0.310 e. The summed E-state index contributed by atoms with van der Waals surface area (Å²) >= 11 is 6.22. The highest BCUT2D eigenvalue weighted by atomic mass is 35.5. The van der Waals surface area contributed by atoms with Gasteiger partial charge in [0, 0.05) is 36.9 Å². The normalized spacial score (nSPS) is 19.9. The minimum absolute atomic E-state index is 0.177. The van der Waals surface area contributed by atoms with E-state index in [0.29, 0.717) is 49.6 Å². The first-order chi connectivity index (χ1) is 13.8. The fourth-order valence-electron chi connectivity index (χ4n) is 4.11. The molecule has 1 saturated heterocycles. The van der Waals surface area contributed by atoms with E-state index in [2.05, 4.69) is 4.90 Å². The van der Waals surface area contributed by atoms with Crippen molar-refractivity contribution < 1.29 is 18.3 Å². The number of piperazine rings is 1. The second-order valence-corrected chi connectivity index (χ2v) is 9.96. The van der Waals surface area contributed by atoms with E-state index in [9.17, 15) is 18.3 Å². The van der Waals surface area contributed by atoms with Crippen LogP contribution in [0.3, 0.4) is 0 Å². The van der Waals surface area contributed by atoms with Crippen molar-refractivity contribution in [2.45, 2.75) is 30.6 Å². The van der Waals surface area contributed by atoms with Gasteiger partial charge in [0.25, 0.3) is 0 Å². The maximum Gasteiger partial charge on any atom is 0.310 e. The van der Waals surface area contributed by atoms with Gasteiger partial charge in [-0.15, -0.1) is 0 Å². The van der Waals surface area contributed by atoms with Crippen molar-refractivity contribution in [3.05, 3.63) is 58.1 Å². The van der Waals surface area contributed by atoms with E-state index in [4.69, 9.17) is 11.6 Å². The number of benzene rings is 2. The van der Waals surface area contributed by atoms with Gasteiger partial charge in [-0.3, -0.25) is 4.79 Å². The average molecular weight is 435 g/mol. The highest BCUT2D eigenvalue weighted by molar-refractivity contribution is 7.89. The standard InChI is InChI=1S/C21H23ClN2O4S/c1-14-2-5-16(12-20(14)22)23-8-10-24(11-9-23)29(27,28)17-6-3-15-4-7-18(21(25)26)19(15)13-17/h2-3,5-6,12-13,18H,4,7-11H2,1H3,(H,25,26). The minimum atomic E-state index is -3.67. The number of hydrogen-bond acceptors (Lipinski definition) is 4. The van der Waals surface area contributed by atoms with Crippen LogP contribution in [0.4, 0.5) is 5.69 Å². The van der Waals surface area contributed by atoms with Crippen LogP contribution in [0, 0.1) is 6.92 Å². The number of rotatable bonds is 4. The zero-order valence-electron chi connectivity index (χ0n) is 16.1. The van der Waals surface area contributed by atoms with Crippen LogP contribution in [-0.4, -0.2) is 50.0 Å². The fourth-order valence-corrected chi connectivity index (χ4v) is 5.74. The number of carbonyl (C=O) groups is 1. The third-order valence-electron chi connectivity index (χ3n) is 5.89. The number of halogens is 1. The number of carboxylic acid groups (broad SMARTS) is 1. The number of nitrogens with zero attached hydrogens (tertiary/aromatic N) is 2. The van der Waals surface area contributed by atoms with E-state index in [0.717, 1.165) is 16.8 Å². The van der Waals surface area contributed by atoms with Gasteiger partial charge >= 0.3 is 5.97 Å². The third-order valence-corrected chi connectivity index (χ3v) is 8.19. The first kappa shape index (κ1) is 20.2. The van der Waals surface area contributed by atoms with Gasteiger partial charge in [-0.2, -0.15) is 4.31 Å². The molecule has 154 valence electrons. The van der Waals surface area contributed by atoms with Crippen LogP contribution < -0.4 is 4.90 Å². The van der Waals surface area contributed by atoms with E-state index in [1.54, 1.807) is 18.2 Å². The number of carboxylic acids is 1. The Labute approximate surface area is 175 Å². The summed E-state index contributed by atoms with van der Waals surface area (Å²) in [5, 5.41) is 10.1. The number of aliphatic carboxylic acids is 1. The quantitative estimate of drug-likeness (QED) is 0.799. The predicted octanol–water partition coefficient (Wildman–Crippen LogP) is 3.27. The summed E-state index contributed by atoms with van der Waals surface area (Å²) in [6.45, 7) is 3.82. The number of anilines is 1. The molecule has 1 atom stereocenters. The minimum Gasteiger partial charge on any atom is -0.481 e. The lowest BCUT2D eigenvalue weighted by Gasteiger charge is -2.35. The molecule has 1 fully saturated rings. The van der Waals surface area contributed by atoms with Gasteiger partial charge in [-0.1, -0.05) is 23.7 Å². The number of sulfonamides is 1. The van der Waals surface area contributed by atoms with Crippen LogP contribution in [-0.2, 0) is 21.2 Å². The Balaban J connectivity index is 1.52. The van der Waals surface area contributed by atoms with Gasteiger partial charge in [0.05, 0.1) is 10.8 Å². The topological polar surface area (TPSA) is 77.9 Å². The Hall–Kier alpha value is -2.09. The van der Waals surface area contributed by atoms with Crippen LogP contribution in [0.1, 0.15) is 29.0 Å². The van der Waals surface area contributed by atoms with Crippen molar-refractivity contribution in [2.24, 2.45) is 0 Å². The number of fused-ring (bicyclic) bond motifs is 1. The summed E-state index contributed by atoms with van der Waals surface area (Å²) in [6.07, 6.45) is 1.19. The van der Waals surface area contributed by atoms with E-state index in [-0.39, 0.29) is 4.90 Å². The Morgan fingerprint density at radius 2 is 1.83 bits per heavy atom. The summed E-state index contributed by atoms with van der Waals surface area (Å²) in [5.74, 6) is -1.52. The second-order valence-electron chi connectivity index (χ2n) is 7.61. The summed E-state index contributed by atoms with van der Waals surface area (Å²) in [4.78, 5) is 13.8. The molecule has 0 saturated carbocycles. The van der Waals surface area contributed by atoms with Crippen LogP contribution >= 0.6 is 11.6 Å². The molecule has 0 spiro atoms. The van der Waals surface area contributed by atoms with Crippen LogP contribution in [0.2, 0.25) is 5.02 Å². The molecule has 6 nitrogen and oxygen atoms in total. The first-order valence-electron chi connectivity index (χ1n) is 9.64. The molecule has 0 amide bonds. The molecule has 1 N–H and O–H groups in total. The highest BCUT2D eigenvalue weighted by Crippen LogP contribution is 2.35. The van der Waals surface area contributed by atoms with Crippen molar-refractivity contribution >= 4 is 33.3 Å². The molecular weight excluding hydrogens is 412 g/mol. The van der Waals surface area contributed by atoms with E-state index < -0.39 is 21.9 Å². The third kappa shape index (κ3) is 3.74. The van der Waals surface area contributed by atoms with Crippen molar-refractivity contribution in [3.63, 3.8) is 0 Å². The average Bonchev–Trinajstić information content (AvgIpc) is 3.14. The van der Waals surface area contributed by atoms with E-state index in [1.807, 2.05) is 25.1 Å². The molecule has 0 bridgehead atoms. The van der Waals surface area contributed by atoms with Gasteiger partial charge in [0.15, 0.2) is 0 Å². The van der Waals surface area contributed by atoms with Crippen LogP contribution in [0.5, 0.6) is 0 Å². The Bertz CT molecular complexity index is 1060. The molecule has 0 radical (unpaired) electrons. The van der Waals surface area contributed by atoms with Gasteiger partial charge in [-0.05, 0) is 60.7 Å². The lowest BCUT2D eigenvalue weighted by molar-refractivity contribution is -0.138. The van der Waals surface area contributed by atoms with Gasteiger partial charge in [0.1, 0.15) is 0 Å². The maximum absolute atomic E-state index is 13.1. The van der Waals surface area contributed by atoms with E-state index >= 15 is 0 Å². The number of aryl methyl sites for hydroxylation is 2. The van der Waals surface area contributed by atoms with Gasteiger partial charge in [-0.25, -0.2) is 8.42 Å².